The summed E-state index contributed by atoms with van der Waals surface area (Å²) in [5.41, 5.74) is 6.25. The lowest BCUT2D eigenvalue weighted by molar-refractivity contribution is 0.0550. The molecule has 1 aliphatic heterocycles. The summed E-state index contributed by atoms with van der Waals surface area (Å²) in [7, 11) is 1.77. The van der Waals surface area contributed by atoms with E-state index in [1.165, 1.54) is 0 Å². The van der Waals surface area contributed by atoms with Crippen molar-refractivity contribution in [2.75, 3.05) is 13.2 Å². The van der Waals surface area contributed by atoms with E-state index in [-0.39, 0.29) is 17.7 Å². The molecule has 1 fully saturated rings. The Morgan fingerprint density at radius 2 is 1.97 bits per heavy atom. The van der Waals surface area contributed by atoms with Crippen LogP contribution in [0.4, 0.5) is 0 Å². The van der Waals surface area contributed by atoms with Gasteiger partial charge in [0.15, 0.2) is 5.69 Å². The highest BCUT2D eigenvalue weighted by Crippen LogP contribution is 2.43. The van der Waals surface area contributed by atoms with Gasteiger partial charge in [-0.25, -0.2) is 4.79 Å². The van der Waals surface area contributed by atoms with Crippen molar-refractivity contribution in [1.29, 1.82) is 0 Å². The number of aromatic nitrogens is 5. The highest BCUT2D eigenvalue weighted by molar-refractivity contribution is 9.10. The molecule has 1 atom stereocenters. The van der Waals surface area contributed by atoms with Gasteiger partial charge in [0.05, 0.1) is 11.6 Å². The number of pyridine rings is 2. The Morgan fingerprint density at radius 3 is 2.66 bits per heavy atom. The Bertz CT molecular complexity index is 1350. The fraction of sp³-hybridized carbons (Fsp3) is 0.391. The minimum Gasteiger partial charge on any atom is -0.476 e. The van der Waals surface area contributed by atoms with Crippen molar-refractivity contribution in [2.24, 2.45) is 13.0 Å². The maximum Gasteiger partial charge on any atom is 0.358 e. The molecule has 1 N–H and O–H groups in total. The van der Waals surface area contributed by atoms with E-state index in [9.17, 15) is 9.90 Å². The fourth-order valence-electron chi connectivity index (χ4n) is 5.00. The number of aromatic carboxylic acids is 1. The summed E-state index contributed by atoms with van der Waals surface area (Å²) in [6.07, 6.45) is 7.23. The number of halogens is 1. The summed E-state index contributed by atoms with van der Waals surface area (Å²) in [6, 6.07) is 1.89. The van der Waals surface area contributed by atoms with Gasteiger partial charge in [0.25, 0.3) is 0 Å². The van der Waals surface area contributed by atoms with Crippen molar-refractivity contribution >= 4 is 44.0 Å². The molecular weight excluding hydrogens is 474 g/mol. The van der Waals surface area contributed by atoms with Gasteiger partial charge in [-0.3, -0.25) is 14.6 Å². The largest absolute Gasteiger partial charge is 0.476 e. The zero-order valence-electron chi connectivity index (χ0n) is 18.2. The van der Waals surface area contributed by atoms with Gasteiger partial charge in [-0.2, -0.15) is 5.10 Å². The third-order valence-corrected chi connectivity index (χ3v) is 7.36. The molecule has 4 aromatic rings. The molecular formula is C23H24BrN5O3. The van der Waals surface area contributed by atoms with Crippen molar-refractivity contribution in [3.63, 3.8) is 0 Å². The molecule has 1 saturated heterocycles. The first-order chi connectivity index (χ1) is 15.4. The number of fused-ring (bicyclic) bond motifs is 3. The summed E-state index contributed by atoms with van der Waals surface area (Å²) in [6.45, 7) is 5.48. The fourth-order valence-corrected chi connectivity index (χ4v) is 5.29. The monoisotopic (exact) mass is 497 g/mol. The molecule has 1 aliphatic rings. The Balaban J connectivity index is 1.95. The SMILES string of the molecule is Cc1ccncc1C(C1CCOCC1)n1c2c(C)c(Br)cnc2c2c1c(C(=O)O)nn2C. The minimum absolute atomic E-state index is 0.0367. The molecule has 0 spiro atoms. The smallest absolute Gasteiger partial charge is 0.358 e. The second kappa shape index (κ2) is 7.97. The second-order valence-corrected chi connectivity index (χ2v) is 9.25. The van der Waals surface area contributed by atoms with Crippen molar-refractivity contribution in [1.82, 2.24) is 24.3 Å². The average Bonchev–Trinajstić information content (AvgIpc) is 3.30. The Labute approximate surface area is 193 Å². The molecule has 166 valence electrons. The van der Waals surface area contributed by atoms with Gasteiger partial charge in [-0.05, 0) is 71.3 Å². The van der Waals surface area contributed by atoms with E-state index in [2.05, 4.69) is 37.5 Å². The maximum atomic E-state index is 12.3. The van der Waals surface area contributed by atoms with Crippen LogP contribution in [-0.4, -0.2) is 48.6 Å². The zero-order chi connectivity index (χ0) is 22.6. The molecule has 5 heterocycles. The van der Waals surface area contributed by atoms with Crippen LogP contribution in [0, 0.1) is 19.8 Å². The van der Waals surface area contributed by atoms with Crippen LogP contribution in [0.15, 0.2) is 29.1 Å². The van der Waals surface area contributed by atoms with Crippen molar-refractivity contribution in [2.45, 2.75) is 32.7 Å². The highest BCUT2D eigenvalue weighted by atomic mass is 79.9. The topological polar surface area (TPSA) is 95.1 Å². The van der Waals surface area contributed by atoms with Gasteiger partial charge in [0, 0.05) is 43.3 Å². The molecule has 0 aromatic carbocycles. The van der Waals surface area contributed by atoms with Crippen molar-refractivity contribution < 1.29 is 14.6 Å². The Hall–Kier alpha value is -2.78. The standard InChI is InChI=1S/C23H24BrN5O3/c1-12-4-7-25-10-15(12)20(14-5-8-32-9-6-14)29-19-13(2)16(24)11-26-17(19)21-22(29)18(23(30)31)27-28(21)3/h4,7,10-11,14,20H,5-6,8-9H2,1-3H3,(H,30,31). The van der Waals surface area contributed by atoms with Gasteiger partial charge in [-0.15, -0.1) is 0 Å². The summed E-state index contributed by atoms with van der Waals surface area (Å²) in [4.78, 5) is 21.4. The molecule has 0 aliphatic carbocycles. The van der Waals surface area contributed by atoms with E-state index >= 15 is 0 Å². The number of carboxylic acid groups (broad SMARTS) is 1. The molecule has 32 heavy (non-hydrogen) atoms. The summed E-state index contributed by atoms with van der Waals surface area (Å²) in [5.74, 6) is -0.796. The number of nitrogens with zero attached hydrogens (tertiary/aromatic N) is 5. The number of rotatable bonds is 4. The summed E-state index contributed by atoms with van der Waals surface area (Å²) < 4.78 is 10.3. The van der Waals surface area contributed by atoms with Crippen LogP contribution in [0.2, 0.25) is 0 Å². The van der Waals surface area contributed by atoms with Crippen molar-refractivity contribution in [3.8, 4) is 0 Å². The normalized spacial score (nSPS) is 16.1. The minimum atomic E-state index is -1.05. The number of hydrogen-bond donors (Lipinski definition) is 1. The lowest BCUT2D eigenvalue weighted by atomic mass is 9.85. The predicted octanol–water partition coefficient (Wildman–Crippen LogP) is 4.41. The molecule has 5 rings (SSSR count). The summed E-state index contributed by atoms with van der Waals surface area (Å²) in [5, 5.41) is 14.4. The van der Waals surface area contributed by atoms with Gasteiger partial charge in [0.2, 0.25) is 0 Å². The number of carbonyl (C=O) groups is 1. The van der Waals surface area contributed by atoms with Gasteiger partial charge < -0.3 is 14.4 Å². The van der Waals surface area contributed by atoms with Crippen LogP contribution in [0.1, 0.15) is 46.1 Å². The predicted molar refractivity (Wildman–Crippen MR) is 124 cm³/mol. The first-order valence-corrected chi connectivity index (χ1v) is 11.4. The van der Waals surface area contributed by atoms with Gasteiger partial charge >= 0.3 is 5.97 Å². The zero-order valence-corrected chi connectivity index (χ0v) is 19.8. The van der Waals surface area contributed by atoms with Crippen molar-refractivity contribution in [3.05, 3.63) is 51.5 Å². The number of carboxylic acids is 1. The van der Waals surface area contributed by atoms with Crippen LogP contribution in [0.5, 0.6) is 0 Å². The van der Waals surface area contributed by atoms with E-state index < -0.39 is 5.97 Å². The number of ether oxygens (including phenoxy) is 1. The van der Waals surface area contributed by atoms with Crippen LogP contribution >= 0.6 is 15.9 Å². The molecule has 0 saturated carbocycles. The quantitative estimate of drug-likeness (QED) is 0.448. The third kappa shape index (κ3) is 3.14. The van der Waals surface area contributed by atoms with Crippen LogP contribution in [0.3, 0.4) is 0 Å². The van der Waals surface area contributed by atoms with E-state index in [1.54, 1.807) is 24.1 Å². The number of hydrogen-bond acceptors (Lipinski definition) is 5. The molecule has 0 radical (unpaired) electrons. The lowest BCUT2D eigenvalue weighted by Gasteiger charge is -2.33. The third-order valence-electron chi connectivity index (χ3n) is 6.56. The summed E-state index contributed by atoms with van der Waals surface area (Å²) >= 11 is 3.63. The second-order valence-electron chi connectivity index (χ2n) is 8.40. The van der Waals surface area contributed by atoms with Crippen LogP contribution < -0.4 is 0 Å². The van der Waals surface area contributed by atoms with Crippen LogP contribution in [-0.2, 0) is 11.8 Å². The molecule has 0 amide bonds. The van der Waals surface area contributed by atoms with E-state index in [0.29, 0.717) is 18.7 Å². The molecule has 1 unspecified atom stereocenters. The van der Waals surface area contributed by atoms with E-state index in [1.807, 2.05) is 19.2 Å². The van der Waals surface area contributed by atoms with Gasteiger partial charge in [-0.1, -0.05) is 0 Å². The molecule has 8 nitrogen and oxygen atoms in total. The van der Waals surface area contributed by atoms with Crippen LogP contribution in [0.25, 0.3) is 22.1 Å². The number of aryl methyl sites for hydroxylation is 3. The average molecular weight is 498 g/mol. The van der Waals surface area contributed by atoms with Gasteiger partial charge in [0.1, 0.15) is 16.6 Å². The first kappa shape index (κ1) is 21.1. The lowest BCUT2D eigenvalue weighted by Crippen LogP contribution is -2.28. The highest BCUT2D eigenvalue weighted by Gasteiger charge is 2.35. The Morgan fingerprint density at radius 1 is 1.22 bits per heavy atom. The van der Waals surface area contributed by atoms with E-state index in [0.717, 1.165) is 50.6 Å². The van der Waals surface area contributed by atoms with E-state index in [4.69, 9.17) is 9.72 Å². The molecule has 0 bridgehead atoms. The Kier molecular flexibility index (Phi) is 5.25. The molecule has 4 aromatic heterocycles. The first-order valence-electron chi connectivity index (χ1n) is 10.6. The molecule has 9 heteroatoms. The maximum absolute atomic E-state index is 12.3.